The number of aliphatic hydroxyl groups is 7. The Kier molecular flexibility index (Phi) is 7.47. The molecule has 216 valence electrons. The summed E-state index contributed by atoms with van der Waals surface area (Å²) in [6.07, 6.45) is -15.3. The van der Waals surface area contributed by atoms with Gasteiger partial charge in [-0.15, -0.1) is 0 Å². The highest BCUT2D eigenvalue weighted by molar-refractivity contribution is 5.92. The van der Waals surface area contributed by atoms with Gasteiger partial charge in [0, 0.05) is 11.6 Å². The second-order valence-corrected chi connectivity index (χ2v) is 9.76. The Morgan fingerprint density at radius 3 is 1.75 bits per heavy atom. The summed E-state index contributed by atoms with van der Waals surface area (Å²) >= 11 is 0. The van der Waals surface area contributed by atoms with Crippen molar-refractivity contribution in [2.24, 2.45) is 0 Å². The molecule has 9 atom stereocenters. The average Bonchev–Trinajstić information content (AvgIpc) is 3.21. The van der Waals surface area contributed by atoms with Crippen LogP contribution in [0.25, 0.3) is 22.3 Å². The SMILES string of the molecule is O=c1cc(-c2ccc(O)cc2)oc2c([C@@H]3O[C@@H](CO)[C@H](O)[C@H]3O)c(O)c([C@@H]3O[C@H](CO)[C@@H](O)[C@H](O)[C@H]3O)c(O)c12. The van der Waals surface area contributed by atoms with Gasteiger partial charge in [0.25, 0.3) is 0 Å². The number of phenols is 3. The Balaban J connectivity index is 1.80. The number of aliphatic hydroxyl groups excluding tert-OH is 7. The Morgan fingerprint density at radius 2 is 1.20 bits per heavy atom. The van der Waals surface area contributed by atoms with Gasteiger partial charge in [0.15, 0.2) is 11.0 Å². The number of hydrogen-bond donors (Lipinski definition) is 10. The Hall–Kier alpha value is -3.31. The lowest BCUT2D eigenvalue weighted by Crippen LogP contribution is -2.55. The molecular formula is C26H28O14. The first kappa shape index (κ1) is 28.2. The Labute approximate surface area is 224 Å². The van der Waals surface area contributed by atoms with Gasteiger partial charge in [0.2, 0.25) is 0 Å². The first-order valence-corrected chi connectivity index (χ1v) is 12.3. The molecule has 40 heavy (non-hydrogen) atoms. The van der Waals surface area contributed by atoms with Crippen LogP contribution in [-0.4, -0.2) is 107 Å². The highest BCUT2D eigenvalue weighted by Crippen LogP contribution is 2.51. The maximum atomic E-state index is 13.4. The van der Waals surface area contributed by atoms with E-state index in [1.54, 1.807) is 0 Å². The molecule has 14 nitrogen and oxygen atoms in total. The third-order valence-electron chi connectivity index (χ3n) is 7.35. The molecule has 14 heteroatoms. The maximum Gasteiger partial charge on any atom is 0.197 e. The summed E-state index contributed by atoms with van der Waals surface area (Å²) in [5, 5.41) is 103. The minimum atomic E-state index is -1.98. The van der Waals surface area contributed by atoms with Crippen LogP contribution in [-0.2, 0) is 9.47 Å². The fourth-order valence-corrected chi connectivity index (χ4v) is 5.19. The van der Waals surface area contributed by atoms with Gasteiger partial charge >= 0.3 is 0 Å². The van der Waals surface area contributed by atoms with Crippen LogP contribution in [0.1, 0.15) is 23.3 Å². The molecule has 0 radical (unpaired) electrons. The summed E-state index contributed by atoms with van der Waals surface area (Å²) in [6.45, 7) is -1.55. The van der Waals surface area contributed by atoms with Gasteiger partial charge in [-0.05, 0) is 24.3 Å². The third kappa shape index (κ3) is 4.39. The van der Waals surface area contributed by atoms with E-state index < -0.39 is 107 Å². The van der Waals surface area contributed by atoms with E-state index in [0.29, 0.717) is 5.56 Å². The predicted molar refractivity (Wildman–Crippen MR) is 132 cm³/mol. The largest absolute Gasteiger partial charge is 0.508 e. The van der Waals surface area contributed by atoms with Gasteiger partial charge in [0.1, 0.15) is 83.3 Å². The van der Waals surface area contributed by atoms with Gasteiger partial charge in [-0.3, -0.25) is 4.79 Å². The fraction of sp³-hybridized carbons (Fsp3) is 0.423. The van der Waals surface area contributed by atoms with E-state index >= 15 is 0 Å². The van der Waals surface area contributed by atoms with Crippen LogP contribution in [0.5, 0.6) is 17.2 Å². The predicted octanol–water partition coefficient (Wildman–Crippen LogP) is -1.75. The van der Waals surface area contributed by atoms with Gasteiger partial charge in [-0.1, -0.05) is 0 Å². The smallest absolute Gasteiger partial charge is 0.197 e. The van der Waals surface area contributed by atoms with Crippen molar-refractivity contribution in [3.63, 3.8) is 0 Å². The number of benzene rings is 2. The van der Waals surface area contributed by atoms with E-state index in [0.717, 1.165) is 6.07 Å². The fourth-order valence-electron chi connectivity index (χ4n) is 5.19. The zero-order valence-corrected chi connectivity index (χ0v) is 20.6. The summed E-state index contributed by atoms with van der Waals surface area (Å²) in [4.78, 5) is 13.4. The van der Waals surface area contributed by atoms with E-state index in [9.17, 15) is 55.9 Å². The number of aromatic hydroxyl groups is 3. The molecular weight excluding hydrogens is 536 g/mol. The summed E-state index contributed by atoms with van der Waals surface area (Å²) in [5.74, 6) is -2.00. The van der Waals surface area contributed by atoms with Crippen LogP contribution >= 0.6 is 0 Å². The molecule has 10 N–H and O–H groups in total. The van der Waals surface area contributed by atoms with E-state index in [-0.39, 0.29) is 11.5 Å². The van der Waals surface area contributed by atoms with Crippen molar-refractivity contribution >= 4 is 11.0 Å². The molecule has 2 aromatic carbocycles. The molecule has 3 heterocycles. The van der Waals surface area contributed by atoms with Crippen molar-refractivity contribution in [3.8, 4) is 28.6 Å². The number of rotatable bonds is 5. The number of hydrogen-bond acceptors (Lipinski definition) is 14. The topological polar surface area (TPSA) is 251 Å². The second-order valence-electron chi connectivity index (χ2n) is 9.76. The summed E-state index contributed by atoms with van der Waals surface area (Å²) in [6, 6.07) is 6.50. The highest BCUT2D eigenvalue weighted by Gasteiger charge is 2.49. The lowest BCUT2D eigenvalue weighted by molar-refractivity contribution is -0.232. The second kappa shape index (κ2) is 10.6. The van der Waals surface area contributed by atoms with Gasteiger partial charge < -0.3 is 65.0 Å². The van der Waals surface area contributed by atoms with Crippen LogP contribution in [0.15, 0.2) is 39.5 Å². The van der Waals surface area contributed by atoms with Gasteiger partial charge in [-0.2, -0.15) is 0 Å². The molecule has 2 aliphatic heterocycles. The molecule has 2 fully saturated rings. The Morgan fingerprint density at radius 1 is 0.675 bits per heavy atom. The molecule has 0 bridgehead atoms. The molecule has 2 aliphatic rings. The number of phenolic OH excluding ortho intramolecular Hbond substituents is 3. The molecule has 0 spiro atoms. The van der Waals surface area contributed by atoms with Crippen molar-refractivity contribution in [2.45, 2.75) is 54.9 Å². The minimum Gasteiger partial charge on any atom is -0.508 e. The van der Waals surface area contributed by atoms with E-state index in [4.69, 9.17) is 13.9 Å². The molecule has 2 saturated heterocycles. The van der Waals surface area contributed by atoms with E-state index in [2.05, 4.69) is 0 Å². The van der Waals surface area contributed by atoms with Crippen LogP contribution in [0.4, 0.5) is 0 Å². The van der Waals surface area contributed by atoms with Crippen molar-refractivity contribution in [1.82, 2.24) is 0 Å². The van der Waals surface area contributed by atoms with Crippen LogP contribution < -0.4 is 5.43 Å². The van der Waals surface area contributed by atoms with Crippen LogP contribution in [0.2, 0.25) is 0 Å². The first-order valence-electron chi connectivity index (χ1n) is 12.3. The minimum absolute atomic E-state index is 0.0708. The molecule has 0 saturated carbocycles. The normalized spacial score (nSPS) is 32.5. The molecule has 0 aliphatic carbocycles. The molecule has 1 aromatic heterocycles. The van der Waals surface area contributed by atoms with Crippen LogP contribution in [0, 0.1) is 0 Å². The first-order chi connectivity index (χ1) is 19.0. The number of ether oxygens (including phenoxy) is 2. The lowest BCUT2D eigenvalue weighted by Gasteiger charge is -2.40. The van der Waals surface area contributed by atoms with Crippen molar-refractivity contribution in [3.05, 3.63) is 51.7 Å². The standard InChI is InChI=1S/C26H28O14/c27-6-12-17(31)21(35)23(37)25(39-12)15-19(33)14-10(30)5-11(8-1-3-9(29)4-2-8)38-24(14)16(20(15)34)26-22(36)18(32)13(7-28)40-26/h1-5,12-13,17-18,21-23,25-29,31-37H,6-7H2/t12-,13+,17-,18+,21+,22-,23-,25+,26+/m1/s1. The van der Waals surface area contributed by atoms with Crippen molar-refractivity contribution < 1.29 is 65.0 Å². The average molecular weight is 564 g/mol. The number of fused-ring (bicyclic) bond motifs is 1. The molecule has 0 unspecified atom stereocenters. The van der Waals surface area contributed by atoms with Crippen LogP contribution in [0.3, 0.4) is 0 Å². The molecule has 5 rings (SSSR count). The quantitative estimate of drug-likeness (QED) is 0.165. The lowest BCUT2D eigenvalue weighted by atomic mass is 9.87. The highest BCUT2D eigenvalue weighted by atomic mass is 16.6. The molecule has 3 aromatic rings. The monoisotopic (exact) mass is 564 g/mol. The zero-order chi connectivity index (χ0) is 29.0. The van der Waals surface area contributed by atoms with Crippen molar-refractivity contribution in [2.75, 3.05) is 13.2 Å². The summed E-state index contributed by atoms with van der Waals surface area (Å²) in [7, 11) is 0. The maximum absolute atomic E-state index is 13.4. The molecule has 0 amide bonds. The van der Waals surface area contributed by atoms with E-state index in [1.807, 2.05) is 0 Å². The summed E-state index contributed by atoms with van der Waals surface area (Å²) < 4.78 is 17.0. The zero-order valence-electron chi connectivity index (χ0n) is 20.6. The van der Waals surface area contributed by atoms with Gasteiger partial charge in [-0.25, -0.2) is 0 Å². The summed E-state index contributed by atoms with van der Waals surface area (Å²) in [5.41, 5.74) is -2.14. The Bertz CT molecular complexity index is 1450. The third-order valence-corrected chi connectivity index (χ3v) is 7.35. The van der Waals surface area contributed by atoms with E-state index in [1.165, 1.54) is 24.3 Å². The van der Waals surface area contributed by atoms with Gasteiger partial charge in [0.05, 0.1) is 24.3 Å². The van der Waals surface area contributed by atoms with Crippen molar-refractivity contribution in [1.29, 1.82) is 0 Å².